The second kappa shape index (κ2) is 5.92. The van der Waals surface area contributed by atoms with E-state index >= 15 is 0 Å². The van der Waals surface area contributed by atoms with E-state index in [9.17, 15) is 0 Å². The molecule has 20 heavy (non-hydrogen) atoms. The van der Waals surface area contributed by atoms with Gasteiger partial charge in [-0.2, -0.15) is 0 Å². The van der Waals surface area contributed by atoms with Crippen LogP contribution >= 0.6 is 34.5 Å². The molecule has 0 saturated heterocycles. The van der Waals surface area contributed by atoms with Gasteiger partial charge in [0.05, 0.1) is 10.6 Å². The zero-order chi connectivity index (χ0) is 13.9. The van der Waals surface area contributed by atoms with Crippen LogP contribution in [0.15, 0.2) is 59.2 Å². The number of hydrogen-bond acceptors (Lipinski definition) is 3. The van der Waals surface area contributed by atoms with Crippen LogP contribution in [0.5, 0.6) is 0 Å². The monoisotopic (exact) mass is 323 g/mol. The molecule has 0 aliphatic rings. The number of anilines is 1. The van der Waals surface area contributed by atoms with Crippen molar-refractivity contribution in [2.24, 2.45) is 0 Å². The third kappa shape index (κ3) is 3.01. The molecule has 0 aliphatic heterocycles. The summed E-state index contributed by atoms with van der Waals surface area (Å²) in [6.45, 7) is 0. The minimum Gasteiger partial charge on any atom is -0.467 e. The first kappa shape index (κ1) is 13.6. The highest BCUT2D eigenvalue weighted by molar-refractivity contribution is 7.16. The van der Waals surface area contributed by atoms with E-state index in [1.165, 1.54) is 11.3 Å². The smallest absolute Gasteiger partial charge is 0.131 e. The maximum Gasteiger partial charge on any atom is 0.131 e. The molecule has 5 heteroatoms. The van der Waals surface area contributed by atoms with Crippen LogP contribution in [0.2, 0.25) is 9.36 Å². The Bertz CT molecular complexity index is 693. The number of hydrogen-bond donors (Lipinski definition) is 1. The average Bonchev–Trinajstić information content (AvgIpc) is 3.07. The highest BCUT2D eigenvalue weighted by atomic mass is 35.5. The molecule has 0 amide bonds. The van der Waals surface area contributed by atoms with Crippen molar-refractivity contribution in [2.75, 3.05) is 5.32 Å². The lowest BCUT2D eigenvalue weighted by atomic mass is 10.1. The first-order valence-electron chi connectivity index (χ1n) is 6.03. The molecule has 1 atom stereocenters. The van der Waals surface area contributed by atoms with Gasteiger partial charge in [0.2, 0.25) is 0 Å². The summed E-state index contributed by atoms with van der Waals surface area (Å²) in [5, 5.41) is 4.12. The van der Waals surface area contributed by atoms with Gasteiger partial charge < -0.3 is 9.73 Å². The second-order valence-corrected chi connectivity index (χ2v) is 6.43. The van der Waals surface area contributed by atoms with Gasteiger partial charge in [-0.25, -0.2) is 0 Å². The summed E-state index contributed by atoms with van der Waals surface area (Å²) in [5.41, 5.74) is 0.934. The van der Waals surface area contributed by atoms with Gasteiger partial charge in [0, 0.05) is 15.6 Å². The highest BCUT2D eigenvalue weighted by Crippen LogP contribution is 2.34. The lowest BCUT2D eigenvalue weighted by molar-refractivity contribution is 0.501. The first-order chi connectivity index (χ1) is 9.72. The molecule has 0 radical (unpaired) electrons. The van der Waals surface area contributed by atoms with Crippen molar-refractivity contribution in [3.63, 3.8) is 0 Å². The molecule has 1 aromatic carbocycles. The summed E-state index contributed by atoms with van der Waals surface area (Å²) in [4.78, 5) is 1.09. The standard InChI is InChI=1S/C15H11Cl2NOS/c16-10-3-1-4-11(9-10)18-15(12-5-2-8-19-12)13-6-7-14(17)20-13/h1-9,15,18H. The number of furan rings is 1. The molecule has 2 nitrogen and oxygen atoms in total. The average molecular weight is 324 g/mol. The van der Waals surface area contributed by atoms with Crippen LogP contribution in [0.3, 0.4) is 0 Å². The predicted molar refractivity (Wildman–Crippen MR) is 85.0 cm³/mol. The Kier molecular flexibility index (Phi) is 4.01. The van der Waals surface area contributed by atoms with Crippen LogP contribution in [0.1, 0.15) is 16.7 Å². The van der Waals surface area contributed by atoms with E-state index in [2.05, 4.69) is 5.32 Å². The van der Waals surface area contributed by atoms with E-state index in [0.29, 0.717) is 5.02 Å². The molecule has 0 spiro atoms. The Labute approximate surface area is 131 Å². The summed E-state index contributed by atoms with van der Waals surface area (Å²) < 4.78 is 6.28. The summed E-state index contributed by atoms with van der Waals surface area (Å²) in [6.07, 6.45) is 1.66. The molecule has 1 N–H and O–H groups in total. The molecular formula is C15H11Cl2NOS. The van der Waals surface area contributed by atoms with E-state index in [4.69, 9.17) is 27.6 Å². The van der Waals surface area contributed by atoms with E-state index in [1.807, 2.05) is 48.5 Å². The zero-order valence-electron chi connectivity index (χ0n) is 10.3. The third-order valence-corrected chi connectivity index (χ3v) is 4.37. The molecule has 102 valence electrons. The molecule has 2 heterocycles. The topological polar surface area (TPSA) is 25.2 Å². The molecule has 3 rings (SSSR count). The largest absolute Gasteiger partial charge is 0.467 e. The number of rotatable bonds is 4. The molecule has 3 aromatic rings. The Hall–Kier alpha value is -1.42. The van der Waals surface area contributed by atoms with Crippen molar-refractivity contribution in [3.05, 3.63) is 74.8 Å². The fourth-order valence-corrected chi connectivity index (χ4v) is 3.28. The summed E-state index contributed by atoms with van der Waals surface area (Å²) in [5.74, 6) is 0.837. The van der Waals surface area contributed by atoms with Crippen LogP contribution in [0, 0.1) is 0 Å². The van der Waals surface area contributed by atoms with Crippen LogP contribution in [0.4, 0.5) is 5.69 Å². The highest BCUT2D eigenvalue weighted by Gasteiger charge is 2.18. The SMILES string of the molecule is Clc1cccc(NC(c2ccco2)c2ccc(Cl)s2)c1. The lowest BCUT2D eigenvalue weighted by Crippen LogP contribution is -2.10. The second-order valence-electron chi connectivity index (χ2n) is 4.24. The van der Waals surface area contributed by atoms with Crippen molar-refractivity contribution < 1.29 is 4.42 Å². The number of halogens is 2. The number of thiophene rings is 1. The quantitative estimate of drug-likeness (QED) is 0.651. The summed E-state index contributed by atoms with van der Waals surface area (Å²) in [6, 6.07) is 15.2. The molecule has 0 fully saturated rings. The maximum atomic E-state index is 6.03. The number of benzene rings is 1. The van der Waals surface area contributed by atoms with Gasteiger partial charge in [-0.3, -0.25) is 0 Å². The zero-order valence-corrected chi connectivity index (χ0v) is 12.7. The fraction of sp³-hybridized carbons (Fsp3) is 0.0667. The van der Waals surface area contributed by atoms with Gasteiger partial charge in [0.15, 0.2) is 0 Å². The van der Waals surface area contributed by atoms with Crippen molar-refractivity contribution in [2.45, 2.75) is 6.04 Å². The summed E-state index contributed by atoms with van der Waals surface area (Å²) in [7, 11) is 0. The molecule has 1 unspecified atom stereocenters. The van der Waals surface area contributed by atoms with Gasteiger partial charge >= 0.3 is 0 Å². The normalized spacial score (nSPS) is 12.3. The predicted octanol–water partition coefficient (Wildman–Crippen LogP) is 5.85. The van der Waals surface area contributed by atoms with Crippen molar-refractivity contribution in [1.29, 1.82) is 0 Å². The van der Waals surface area contributed by atoms with E-state index in [1.54, 1.807) is 6.26 Å². The molecule has 0 bridgehead atoms. The van der Waals surface area contributed by atoms with Crippen LogP contribution in [-0.4, -0.2) is 0 Å². The van der Waals surface area contributed by atoms with Crippen molar-refractivity contribution in [3.8, 4) is 0 Å². The van der Waals surface area contributed by atoms with Gasteiger partial charge in [-0.1, -0.05) is 29.3 Å². The Morgan fingerprint density at radius 3 is 2.60 bits per heavy atom. The minimum atomic E-state index is -0.0824. The minimum absolute atomic E-state index is 0.0824. The Morgan fingerprint density at radius 1 is 1.05 bits per heavy atom. The molecular weight excluding hydrogens is 313 g/mol. The van der Waals surface area contributed by atoms with E-state index in [0.717, 1.165) is 20.7 Å². The summed E-state index contributed by atoms with van der Waals surface area (Å²) >= 11 is 13.6. The Morgan fingerprint density at radius 2 is 1.95 bits per heavy atom. The maximum absolute atomic E-state index is 6.03. The Balaban J connectivity index is 1.94. The third-order valence-electron chi connectivity index (χ3n) is 2.84. The first-order valence-corrected chi connectivity index (χ1v) is 7.60. The number of nitrogens with one attached hydrogen (secondary N) is 1. The van der Waals surface area contributed by atoms with Crippen LogP contribution < -0.4 is 5.32 Å². The van der Waals surface area contributed by atoms with Gasteiger partial charge in [0.25, 0.3) is 0 Å². The molecule has 0 aliphatic carbocycles. The fourth-order valence-electron chi connectivity index (χ4n) is 1.97. The molecule has 2 aromatic heterocycles. The van der Waals surface area contributed by atoms with E-state index < -0.39 is 0 Å². The van der Waals surface area contributed by atoms with Gasteiger partial charge in [0.1, 0.15) is 11.8 Å². The van der Waals surface area contributed by atoms with Crippen molar-refractivity contribution in [1.82, 2.24) is 0 Å². The van der Waals surface area contributed by atoms with E-state index in [-0.39, 0.29) is 6.04 Å². The van der Waals surface area contributed by atoms with Crippen LogP contribution in [0.25, 0.3) is 0 Å². The van der Waals surface area contributed by atoms with Gasteiger partial charge in [-0.15, -0.1) is 11.3 Å². The van der Waals surface area contributed by atoms with Gasteiger partial charge in [-0.05, 0) is 42.5 Å². The lowest BCUT2D eigenvalue weighted by Gasteiger charge is -2.16. The van der Waals surface area contributed by atoms with Crippen LogP contribution in [-0.2, 0) is 0 Å². The molecule has 0 saturated carbocycles. The van der Waals surface area contributed by atoms with Crippen molar-refractivity contribution >= 4 is 40.2 Å².